The Morgan fingerprint density at radius 2 is 2.05 bits per heavy atom. The summed E-state index contributed by atoms with van der Waals surface area (Å²) in [5.41, 5.74) is 0. The molecule has 0 bridgehead atoms. The van der Waals surface area contributed by atoms with E-state index >= 15 is 0 Å². The van der Waals surface area contributed by atoms with E-state index in [4.69, 9.17) is 0 Å². The molecule has 19 heavy (non-hydrogen) atoms. The van der Waals surface area contributed by atoms with Crippen molar-refractivity contribution in [2.75, 3.05) is 27.2 Å². The molecule has 2 rings (SSSR count). The molecular weight excluding hydrogens is 242 g/mol. The van der Waals surface area contributed by atoms with Gasteiger partial charge in [0.05, 0.1) is 0 Å². The van der Waals surface area contributed by atoms with Gasteiger partial charge in [0.15, 0.2) is 0 Å². The van der Waals surface area contributed by atoms with Gasteiger partial charge in [-0.1, -0.05) is 0 Å². The summed E-state index contributed by atoms with van der Waals surface area (Å²) in [5.74, 6) is 0.257. The average Bonchev–Trinajstić information content (AvgIpc) is 2.39. The van der Waals surface area contributed by atoms with Gasteiger partial charge in [-0.15, -0.1) is 0 Å². The highest BCUT2D eigenvalue weighted by Crippen LogP contribution is 2.17. The molecule has 5 heteroatoms. The van der Waals surface area contributed by atoms with Crippen LogP contribution in [-0.4, -0.2) is 60.9 Å². The largest absolute Gasteiger partial charge is 0.353 e. The van der Waals surface area contributed by atoms with Gasteiger partial charge in [-0.3, -0.25) is 9.59 Å². The summed E-state index contributed by atoms with van der Waals surface area (Å²) < 4.78 is 0. The van der Waals surface area contributed by atoms with Crippen molar-refractivity contribution >= 4 is 11.8 Å². The number of carbonyl (C=O) groups is 2. The smallest absolute Gasteiger partial charge is 0.224 e. The summed E-state index contributed by atoms with van der Waals surface area (Å²) in [7, 11) is 4.03. The molecule has 0 saturated carbocycles. The second-order valence-corrected chi connectivity index (χ2v) is 5.90. The van der Waals surface area contributed by atoms with E-state index < -0.39 is 0 Å². The van der Waals surface area contributed by atoms with E-state index in [0.717, 1.165) is 38.8 Å². The predicted octanol–water partition coefficient (Wildman–Crippen LogP) is 0.598. The van der Waals surface area contributed by atoms with Gasteiger partial charge in [0, 0.05) is 32.0 Å². The van der Waals surface area contributed by atoms with Crippen LogP contribution >= 0.6 is 0 Å². The van der Waals surface area contributed by atoms with E-state index in [-0.39, 0.29) is 17.9 Å². The fourth-order valence-corrected chi connectivity index (χ4v) is 2.97. The quantitative estimate of drug-likeness (QED) is 0.814. The molecule has 0 radical (unpaired) electrons. The Hall–Kier alpha value is -1.10. The lowest BCUT2D eigenvalue weighted by Crippen LogP contribution is -2.47. The van der Waals surface area contributed by atoms with E-state index in [9.17, 15) is 9.59 Å². The van der Waals surface area contributed by atoms with E-state index in [1.807, 2.05) is 11.9 Å². The molecule has 2 aliphatic heterocycles. The second kappa shape index (κ2) is 6.37. The number of nitrogens with zero attached hydrogens (tertiary/aromatic N) is 2. The number of nitrogens with one attached hydrogen (secondary N) is 1. The second-order valence-electron chi connectivity index (χ2n) is 5.90. The third-order valence-electron chi connectivity index (χ3n) is 4.37. The Balaban J connectivity index is 1.80. The highest BCUT2D eigenvalue weighted by Gasteiger charge is 2.27. The van der Waals surface area contributed by atoms with Crippen LogP contribution in [0.2, 0.25) is 0 Å². The Morgan fingerprint density at radius 3 is 2.68 bits per heavy atom. The third-order valence-corrected chi connectivity index (χ3v) is 4.37. The number of likely N-dealkylation sites (tertiary alicyclic amines) is 1. The van der Waals surface area contributed by atoms with Crippen LogP contribution in [0.5, 0.6) is 0 Å². The molecule has 0 aliphatic carbocycles. The molecular formula is C14H25N3O2. The summed E-state index contributed by atoms with van der Waals surface area (Å²) in [4.78, 5) is 27.8. The number of hydrogen-bond donors (Lipinski definition) is 1. The summed E-state index contributed by atoms with van der Waals surface area (Å²) >= 11 is 0. The summed E-state index contributed by atoms with van der Waals surface area (Å²) in [6.07, 6.45) is 5.00. The molecule has 108 valence electrons. The van der Waals surface area contributed by atoms with Crippen LogP contribution in [-0.2, 0) is 9.59 Å². The third kappa shape index (κ3) is 3.93. The summed E-state index contributed by atoms with van der Waals surface area (Å²) in [6.45, 7) is 2.12. The van der Waals surface area contributed by atoms with Gasteiger partial charge in [0.1, 0.15) is 0 Å². The van der Waals surface area contributed by atoms with Crippen molar-refractivity contribution in [3.8, 4) is 0 Å². The van der Waals surface area contributed by atoms with Crippen molar-refractivity contribution < 1.29 is 9.59 Å². The molecule has 0 aromatic rings. The van der Waals surface area contributed by atoms with Crippen molar-refractivity contribution in [2.24, 2.45) is 0 Å². The number of amides is 2. The predicted molar refractivity (Wildman–Crippen MR) is 73.7 cm³/mol. The van der Waals surface area contributed by atoms with Gasteiger partial charge in [0.25, 0.3) is 0 Å². The van der Waals surface area contributed by atoms with Crippen molar-refractivity contribution in [3.63, 3.8) is 0 Å². The standard InChI is InChI=1S/C14H25N3O2/c1-16-8-6-12(7-9-16)17(2)14(19)10-11-4-3-5-13(18)15-11/h11-12H,3-10H2,1-2H3,(H,15,18). The molecule has 2 fully saturated rings. The van der Waals surface area contributed by atoms with E-state index in [2.05, 4.69) is 17.3 Å². The van der Waals surface area contributed by atoms with Crippen LogP contribution < -0.4 is 5.32 Å². The molecule has 5 nitrogen and oxygen atoms in total. The zero-order valence-electron chi connectivity index (χ0n) is 12.0. The maximum Gasteiger partial charge on any atom is 0.224 e. The minimum Gasteiger partial charge on any atom is -0.353 e. The van der Waals surface area contributed by atoms with Crippen molar-refractivity contribution in [1.82, 2.24) is 15.1 Å². The van der Waals surface area contributed by atoms with Gasteiger partial charge >= 0.3 is 0 Å². The van der Waals surface area contributed by atoms with Gasteiger partial charge < -0.3 is 15.1 Å². The van der Waals surface area contributed by atoms with Crippen molar-refractivity contribution in [2.45, 2.75) is 50.6 Å². The number of piperidine rings is 2. The first-order chi connectivity index (χ1) is 9.06. The molecule has 2 aliphatic rings. The van der Waals surface area contributed by atoms with Gasteiger partial charge in [-0.2, -0.15) is 0 Å². The monoisotopic (exact) mass is 267 g/mol. The highest BCUT2D eigenvalue weighted by atomic mass is 16.2. The first-order valence-corrected chi connectivity index (χ1v) is 7.30. The Bertz CT molecular complexity index is 338. The molecule has 1 N–H and O–H groups in total. The highest BCUT2D eigenvalue weighted by molar-refractivity contribution is 5.80. The maximum atomic E-state index is 12.3. The molecule has 0 aromatic heterocycles. The Morgan fingerprint density at radius 1 is 1.37 bits per heavy atom. The molecule has 0 aromatic carbocycles. The van der Waals surface area contributed by atoms with Crippen molar-refractivity contribution in [3.05, 3.63) is 0 Å². The lowest BCUT2D eigenvalue weighted by molar-refractivity contribution is -0.134. The fourth-order valence-electron chi connectivity index (χ4n) is 2.97. The lowest BCUT2D eigenvalue weighted by Gasteiger charge is -2.36. The number of carbonyl (C=O) groups excluding carboxylic acids is 2. The molecule has 2 saturated heterocycles. The first-order valence-electron chi connectivity index (χ1n) is 7.30. The van der Waals surface area contributed by atoms with Gasteiger partial charge in [-0.05, 0) is 45.8 Å². The zero-order valence-corrected chi connectivity index (χ0v) is 12.0. The van der Waals surface area contributed by atoms with Crippen molar-refractivity contribution in [1.29, 1.82) is 0 Å². The average molecular weight is 267 g/mol. The molecule has 2 amide bonds. The topological polar surface area (TPSA) is 52.7 Å². The van der Waals surface area contributed by atoms with Crippen LogP contribution in [0.4, 0.5) is 0 Å². The van der Waals surface area contributed by atoms with Gasteiger partial charge in [-0.25, -0.2) is 0 Å². The maximum absolute atomic E-state index is 12.3. The number of rotatable bonds is 3. The normalized spacial score (nSPS) is 26.0. The first kappa shape index (κ1) is 14.3. The lowest BCUT2D eigenvalue weighted by atomic mass is 9.99. The molecule has 2 heterocycles. The Kier molecular flexibility index (Phi) is 4.80. The molecule has 1 atom stereocenters. The summed E-state index contributed by atoms with van der Waals surface area (Å²) in [5, 5.41) is 2.92. The van der Waals surface area contributed by atoms with E-state index in [0.29, 0.717) is 18.9 Å². The number of hydrogen-bond acceptors (Lipinski definition) is 3. The van der Waals surface area contributed by atoms with E-state index in [1.54, 1.807) is 0 Å². The molecule has 1 unspecified atom stereocenters. The van der Waals surface area contributed by atoms with Crippen LogP contribution in [0.1, 0.15) is 38.5 Å². The summed E-state index contributed by atoms with van der Waals surface area (Å²) in [6, 6.07) is 0.408. The zero-order chi connectivity index (χ0) is 13.8. The minimum atomic E-state index is 0.0439. The minimum absolute atomic E-state index is 0.0439. The van der Waals surface area contributed by atoms with Crippen LogP contribution in [0.15, 0.2) is 0 Å². The Labute approximate surface area is 115 Å². The SMILES string of the molecule is CN1CCC(N(C)C(=O)CC2CCCC(=O)N2)CC1. The fraction of sp³-hybridized carbons (Fsp3) is 0.857. The molecule has 0 spiro atoms. The van der Waals surface area contributed by atoms with Gasteiger partial charge in [0.2, 0.25) is 11.8 Å². The van der Waals surface area contributed by atoms with Crippen LogP contribution in [0.3, 0.4) is 0 Å². The van der Waals surface area contributed by atoms with Crippen LogP contribution in [0.25, 0.3) is 0 Å². The van der Waals surface area contributed by atoms with E-state index in [1.165, 1.54) is 0 Å². The van der Waals surface area contributed by atoms with Crippen LogP contribution in [0, 0.1) is 0 Å².